The van der Waals surface area contributed by atoms with E-state index in [1.54, 1.807) is 6.26 Å². The van der Waals surface area contributed by atoms with Crippen LogP contribution in [0.5, 0.6) is 0 Å². The molecule has 3 N–H and O–H groups in total. The molecule has 1 aliphatic rings. The van der Waals surface area contributed by atoms with Crippen molar-refractivity contribution < 1.29 is 4.79 Å². The molecule has 0 bridgehead atoms. The number of nitrogens with one attached hydrogen (secondary N) is 1. The van der Waals surface area contributed by atoms with Crippen molar-refractivity contribution in [2.24, 2.45) is 5.73 Å². The van der Waals surface area contributed by atoms with Crippen LogP contribution >= 0.6 is 12.6 Å². The van der Waals surface area contributed by atoms with E-state index in [2.05, 4.69) is 17.9 Å². The number of benzene rings is 1. The molecule has 0 atom stereocenters. The van der Waals surface area contributed by atoms with Gasteiger partial charge in [0.25, 0.3) is 0 Å². The maximum absolute atomic E-state index is 11.4. The topological polar surface area (TPSA) is 55.1 Å². The summed E-state index contributed by atoms with van der Waals surface area (Å²) < 4.78 is 0. The van der Waals surface area contributed by atoms with E-state index < -0.39 is 0 Å². The highest BCUT2D eigenvalue weighted by Gasteiger charge is 2.19. The number of ketones is 1. The number of hydrogen-bond donors (Lipinski definition) is 3. The maximum Gasteiger partial charge on any atom is 0.183 e. The molecule has 80 valence electrons. The van der Waals surface area contributed by atoms with Gasteiger partial charge in [-0.15, -0.1) is 0 Å². The Balaban J connectivity index is 0.000000531. The quantitative estimate of drug-likeness (QED) is 0.461. The summed E-state index contributed by atoms with van der Waals surface area (Å²) in [6.07, 6.45) is 3.07. The van der Waals surface area contributed by atoms with Gasteiger partial charge in [-0.05, 0) is 12.3 Å². The Bertz CT molecular complexity index is 388. The summed E-state index contributed by atoms with van der Waals surface area (Å²) in [5.41, 5.74) is 7.86. The molecular formula is C11H14N2OS. The Morgan fingerprint density at radius 1 is 1.40 bits per heavy atom. The van der Waals surface area contributed by atoms with Gasteiger partial charge in [0, 0.05) is 23.0 Å². The first-order valence-electron chi connectivity index (χ1n) is 4.56. The lowest BCUT2D eigenvalue weighted by Crippen LogP contribution is -2.22. The van der Waals surface area contributed by atoms with Gasteiger partial charge in [-0.2, -0.15) is 12.6 Å². The number of thiol groups is 1. The highest BCUT2D eigenvalue weighted by Crippen LogP contribution is 2.27. The molecule has 2 rings (SSSR count). The fourth-order valence-electron chi connectivity index (χ4n) is 1.48. The van der Waals surface area contributed by atoms with E-state index in [1.807, 2.05) is 24.3 Å². The zero-order valence-electron chi connectivity index (χ0n) is 8.53. The molecule has 3 nitrogen and oxygen atoms in total. The minimum Gasteiger partial charge on any atom is -0.404 e. The van der Waals surface area contributed by atoms with E-state index in [-0.39, 0.29) is 5.78 Å². The van der Waals surface area contributed by atoms with Crippen molar-refractivity contribution in [1.82, 2.24) is 0 Å². The Kier molecular flexibility index (Phi) is 4.24. The second-order valence-corrected chi connectivity index (χ2v) is 2.90. The van der Waals surface area contributed by atoms with Gasteiger partial charge < -0.3 is 11.1 Å². The van der Waals surface area contributed by atoms with E-state index in [0.717, 1.165) is 11.3 Å². The first kappa shape index (κ1) is 11.7. The number of para-hydroxylation sites is 1. The van der Waals surface area contributed by atoms with Crippen LogP contribution in [0, 0.1) is 0 Å². The molecule has 1 aliphatic heterocycles. The van der Waals surface area contributed by atoms with Gasteiger partial charge in [-0.1, -0.05) is 18.2 Å². The number of hydrogen-bond acceptors (Lipinski definition) is 4. The number of carbonyl (C=O) groups is 1. The fraction of sp³-hybridized carbons (Fsp3) is 0.182. The molecule has 0 aromatic heterocycles. The molecule has 0 unspecified atom stereocenters. The highest BCUT2D eigenvalue weighted by atomic mass is 32.1. The van der Waals surface area contributed by atoms with Crippen molar-refractivity contribution in [1.29, 1.82) is 0 Å². The molecule has 1 aromatic rings. The average Bonchev–Trinajstić information content (AvgIpc) is 2.32. The number of fused-ring (bicyclic) bond motifs is 1. The van der Waals surface area contributed by atoms with Crippen molar-refractivity contribution in [3.8, 4) is 0 Å². The van der Waals surface area contributed by atoms with Gasteiger partial charge in [-0.3, -0.25) is 4.79 Å². The number of rotatable bonds is 0. The van der Waals surface area contributed by atoms with Crippen molar-refractivity contribution in [3.05, 3.63) is 36.0 Å². The van der Waals surface area contributed by atoms with Crippen LogP contribution < -0.4 is 11.1 Å². The number of carbonyl (C=O) groups excluding carboxylic acids is 1. The standard InChI is InChI=1S/C10H10N2O.CH4S/c11-5-8-7-3-1-2-4-9(7)12-6-10(8)13;1-2/h1-5,12H,6,11H2;2H,1H3/b8-5-;. The Hall–Kier alpha value is -1.42. The molecule has 0 amide bonds. The second-order valence-electron chi connectivity index (χ2n) is 2.90. The number of Topliss-reactive ketones (excluding diaryl/α,β-unsaturated/α-hetero) is 1. The second kappa shape index (κ2) is 5.46. The molecule has 0 saturated carbocycles. The number of nitrogens with two attached hydrogens (primary N) is 1. The lowest BCUT2D eigenvalue weighted by atomic mass is 9.97. The van der Waals surface area contributed by atoms with Crippen molar-refractivity contribution in [2.75, 3.05) is 18.1 Å². The van der Waals surface area contributed by atoms with E-state index >= 15 is 0 Å². The summed E-state index contributed by atoms with van der Waals surface area (Å²) in [6.45, 7) is 0.333. The first-order valence-corrected chi connectivity index (χ1v) is 5.45. The van der Waals surface area contributed by atoms with Crippen LogP contribution in [0.3, 0.4) is 0 Å². The first-order chi connectivity index (χ1) is 7.33. The molecule has 1 heterocycles. The normalized spacial score (nSPS) is 16.1. The van der Waals surface area contributed by atoms with Gasteiger partial charge in [0.05, 0.1) is 6.54 Å². The summed E-state index contributed by atoms with van der Waals surface area (Å²) >= 11 is 3.53. The summed E-state index contributed by atoms with van der Waals surface area (Å²) in [6, 6.07) is 7.64. The van der Waals surface area contributed by atoms with Crippen LogP contribution in [0.1, 0.15) is 5.56 Å². The minimum atomic E-state index is 0.0428. The lowest BCUT2D eigenvalue weighted by molar-refractivity contribution is -0.112. The zero-order valence-corrected chi connectivity index (χ0v) is 9.42. The summed E-state index contributed by atoms with van der Waals surface area (Å²) in [7, 11) is 0. The molecule has 0 fully saturated rings. The monoisotopic (exact) mass is 222 g/mol. The van der Waals surface area contributed by atoms with Crippen LogP contribution in [0.15, 0.2) is 30.5 Å². The Morgan fingerprint density at radius 3 is 2.73 bits per heavy atom. The van der Waals surface area contributed by atoms with Crippen molar-refractivity contribution in [3.63, 3.8) is 0 Å². The molecule has 15 heavy (non-hydrogen) atoms. The fourth-order valence-corrected chi connectivity index (χ4v) is 1.48. The van der Waals surface area contributed by atoms with E-state index in [4.69, 9.17) is 5.73 Å². The van der Waals surface area contributed by atoms with Crippen LogP contribution in [0.4, 0.5) is 5.69 Å². The van der Waals surface area contributed by atoms with Gasteiger partial charge >= 0.3 is 0 Å². The summed E-state index contributed by atoms with van der Waals surface area (Å²) in [5.74, 6) is 0.0428. The zero-order chi connectivity index (χ0) is 11.3. The Morgan fingerprint density at radius 2 is 2.07 bits per heavy atom. The van der Waals surface area contributed by atoms with Crippen molar-refractivity contribution in [2.45, 2.75) is 0 Å². The number of anilines is 1. The van der Waals surface area contributed by atoms with Gasteiger partial charge in [0.15, 0.2) is 5.78 Å². The summed E-state index contributed by atoms with van der Waals surface area (Å²) in [5, 5.41) is 3.03. The highest BCUT2D eigenvalue weighted by molar-refractivity contribution is 7.79. The molecule has 0 radical (unpaired) electrons. The predicted molar refractivity (Wildman–Crippen MR) is 67.0 cm³/mol. The van der Waals surface area contributed by atoms with Crippen LogP contribution in [-0.4, -0.2) is 18.6 Å². The SMILES string of the molecule is CS.N/C=C1\C(=O)CNc2ccccc21. The Labute approximate surface area is 94.8 Å². The van der Waals surface area contributed by atoms with Crippen molar-refractivity contribution >= 4 is 29.7 Å². The van der Waals surface area contributed by atoms with E-state index in [0.29, 0.717) is 12.1 Å². The lowest BCUT2D eigenvalue weighted by Gasteiger charge is -2.18. The van der Waals surface area contributed by atoms with E-state index in [1.165, 1.54) is 6.20 Å². The predicted octanol–water partition coefficient (Wildman–Crippen LogP) is 1.53. The van der Waals surface area contributed by atoms with Crippen LogP contribution in [0.25, 0.3) is 5.57 Å². The van der Waals surface area contributed by atoms with E-state index in [9.17, 15) is 4.79 Å². The molecule has 1 aromatic carbocycles. The smallest absolute Gasteiger partial charge is 0.183 e. The van der Waals surface area contributed by atoms with Gasteiger partial charge in [-0.25, -0.2) is 0 Å². The third-order valence-corrected chi connectivity index (χ3v) is 2.12. The average molecular weight is 222 g/mol. The van der Waals surface area contributed by atoms with Gasteiger partial charge in [0.2, 0.25) is 0 Å². The molecule has 0 aliphatic carbocycles. The van der Waals surface area contributed by atoms with Crippen LogP contribution in [-0.2, 0) is 4.79 Å². The molecular weight excluding hydrogens is 208 g/mol. The third-order valence-electron chi connectivity index (χ3n) is 2.12. The maximum atomic E-state index is 11.4. The molecule has 0 spiro atoms. The largest absolute Gasteiger partial charge is 0.404 e. The molecule has 0 saturated heterocycles. The summed E-state index contributed by atoms with van der Waals surface area (Å²) in [4.78, 5) is 11.4. The van der Waals surface area contributed by atoms with Gasteiger partial charge in [0.1, 0.15) is 0 Å². The third kappa shape index (κ3) is 2.33. The minimum absolute atomic E-state index is 0.0428. The molecule has 4 heteroatoms. The van der Waals surface area contributed by atoms with Crippen LogP contribution in [0.2, 0.25) is 0 Å².